The van der Waals surface area contributed by atoms with E-state index in [0.717, 1.165) is 32.2 Å². The van der Waals surface area contributed by atoms with Crippen LogP contribution in [0.5, 0.6) is 0 Å². The van der Waals surface area contributed by atoms with E-state index in [4.69, 9.17) is 5.73 Å². The fourth-order valence-electron chi connectivity index (χ4n) is 3.93. The molecule has 0 aromatic carbocycles. The van der Waals surface area contributed by atoms with Gasteiger partial charge in [0.2, 0.25) is 11.8 Å². The zero-order chi connectivity index (χ0) is 14.1. The summed E-state index contributed by atoms with van der Waals surface area (Å²) in [5.74, 6) is 0.193. The zero-order valence-electron chi connectivity index (χ0n) is 12.5. The first-order valence-electron chi connectivity index (χ1n) is 7.99. The summed E-state index contributed by atoms with van der Waals surface area (Å²) in [7, 11) is 0. The molecule has 0 aromatic rings. The SMILES string of the molecule is Cl.NC1CCCN(C(=O)C2CC(=O)N(C3CCCC3)C2)C1. The number of hydrogen-bond donors (Lipinski definition) is 1. The molecule has 3 rings (SSSR count). The molecule has 1 saturated carbocycles. The van der Waals surface area contributed by atoms with Gasteiger partial charge >= 0.3 is 0 Å². The van der Waals surface area contributed by atoms with Crippen LogP contribution in [0.3, 0.4) is 0 Å². The molecule has 5 nitrogen and oxygen atoms in total. The normalized spacial score (nSPS) is 30.6. The highest BCUT2D eigenvalue weighted by molar-refractivity contribution is 5.89. The smallest absolute Gasteiger partial charge is 0.228 e. The highest BCUT2D eigenvalue weighted by Crippen LogP contribution is 2.30. The Balaban J connectivity index is 0.00000161. The molecule has 6 heteroatoms. The van der Waals surface area contributed by atoms with Gasteiger partial charge < -0.3 is 15.5 Å². The van der Waals surface area contributed by atoms with E-state index >= 15 is 0 Å². The van der Waals surface area contributed by atoms with E-state index in [-0.39, 0.29) is 36.2 Å². The minimum Gasteiger partial charge on any atom is -0.341 e. The third kappa shape index (κ3) is 3.51. The summed E-state index contributed by atoms with van der Waals surface area (Å²) in [4.78, 5) is 28.5. The number of amides is 2. The Morgan fingerprint density at radius 3 is 2.48 bits per heavy atom. The second kappa shape index (κ2) is 6.97. The van der Waals surface area contributed by atoms with E-state index < -0.39 is 0 Å². The van der Waals surface area contributed by atoms with Gasteiger partial charge in [-0.15, -0.1) is 12.4 Å². The van der Waals surface area contributed by atoms with Gasteiger partial charge in [-0.1, -0.05) is 12.8 Å². The molecule has 2 aliphatic heterocycles. The molecule has 1 aliphatic carbocycles. The van der Waals surface area contributed by atoms with Crippen molar-refractivity contribution in [1.82, 2.24) is 9.80 Å². The number of nitrogens with zero attached hydrogens (tertiary/aromatic N) is 2. The predicted octanol–water partition coefficient (Wildman–Crippen LogP) is 1.15. The quantitative estimate of drug-likeness (QED) is 0.831. The third-order valence-corrected chi connectivity index (χ3v) is 5.04. The van der Waals surface area contributed by atoms with Crippen LogP contribution in [-0.2, 0) is 9.59 Å². The van der Waals surface area contributed by atoms with Gasteiger partial charge in [0.15, 0.2) is 0 Å². The number of rotatable bonds is 2. The Morgan fingerprint density at radius 2 is 1.81 bits per heavy atom. The topological polar surface area (TPSA) is 66.6 Å². The van der Waals surface area contributed by atoms with E-state index in [9.17, 15) is 9.59 Å². The van der Waals surface area contributed by atoms with Crippen molar-refractivity contribution in [2.45, 2.75) is 57.0 Å². The van der Waals surface area contributed by atoms with Gasteiger partial charge in [0.1, 0.15) is 0 Å². The van der Waals surface area contributed by atoms with Gasteiger partial charge in [-0.25, -0.2) is 0 Å². The largest absolute Gasteiger partial charge is 0.341 e. The van der Waals surface area contributed by atoms with Crippen molar-refractivity contribution in [3.63, 3.8) is 0 Å². The highest BCUT2D eigenvalue weighted by atomic mass is 35.5. The lowest BCUT2D eigenvalue weighted by Crippen LogP contribution is -2.48. The molecule has 3 aliphatic rings. The molecule has 2 N–H and O–H groups in total. The number of halogens is 1. The van der Waals surface area contributed by atoms with E-state index in [1.807, 2.05) is 9.80 Å². The maximum Gasteiger partial charge on any atom is 0.228 e. The maximum atomic E-state index is 12.5. The molecule has 3 fully saturated rings. The molecule has 2 atom stereocenters. The second-order valence-electron chi connectivity index (χ2n) is 6.57. The standard InChI is InChI=1S/C15H25N3O2.ClH/c16-12-4-3-7-17(10-12)15(20)11-8-14(19)18(9-11)13-5-1-2-6-13;/h11-13H,1-10,16H2;1H. The summed E-state index contributed by atoms with van der Waals surface area (Å²) in [6, 6.07) is 0.500. The summed E-state index contributed by atoms with van der Waals surface area (Å²) in [5.41, 5.74) is 5.94. The van der Waals surface area contributed by atoms with Crippen LogP contribution in [-0.4, -0.2) is 53.3 Å². The third-order valence-electron chi connectivity index (χ3n) is 5.04. The van der Waals surface area contributed by atoms with Crippen LogP contribution in [0.15, 0.2) is 0 Å². The van der Waals surface area contributed by atoms with Crippen LogP contribution in [0.2, 0.25) is 0 Å². The molecule has 0 radical (unpaired) electrons. The first kappa shape index (κ1) is 16.6. The van der Waals surface area contributed by atoms with Crippen molar-refractivity contribution in [3.05, 3.63) is 0 Å². The minimum atomic E-state index is -0.131. The molecular weight excluding hydrogens is 290 g/mol. The first-order chi connectivity index (χ1) is 9.65. The zero-order valence-corrected chi connectivity index (χ0v) is 13.3. The highest BCUT2D eigenvalue weighted by Gasteiger charge is 2.40. The lowest BCUT2D eigenvalue weighted by Gasteiger charge is -2.32. The van der Waals surface area contributed by atoms with Crippen molar-refractivity contribution >= 4 is 24.2 Å². The number of piperidine rings is 1. The molecule has 120 valence electrons. The molecule has 0 spiro atoms. The molecule has 0 aromatic heterocycles. The summed E-state index contributed by atoms with van der Waals surface area (Å²) >= 11 is 0. The average molecular weight is 316 g/mol. The number of likely N-dealkylation sites (tertiary alicyclic amines) is 2. The lowest BCUT2D eigenvalue weighted by atomic mass is 10.0. The number of nitrogens with two attached hydrogens (primary N) is 1. The maximum absolute atomic E-state index is 12.5. The van der Waals surface area contributed by atoms with Crippen LogP contribution >= 0.6 is 12.4 Å². The summed E-state index contributed by atoms with van der Waals surface area (Å²) in [5, 5.41) is 0. The Kier molecular flexibility index (Phi) is 5.49. The van der Waals surface area contributed by atoms with E-state index in [1.54, 1.807) is 0 Å². The first-order valence-corrected chi connectivity index (χ1v) is 7.99. The van der Waals surface area contributed by atoms with Crippen LogP contribution in [0.4, 0.5) is 0 Å². The second-order valence-corrected chi connectivity index (χ2v) is 6.57. The Hall–Kier alpha value is -0.810. The van der Waals surface area contributed by atoms with Gasteiger partial charge in [-0.05, 0) is 25.7 Å². The van der Waals surface area contributed by atoms with Gasteiger partial charge in [-0.2, -0.15) is 0 Å². The van der Waals surface area contributed by atoms with Crippen molar-refractivity contribution in [2.75, 3.05) is 19.6 Å². The number of hydrogen-bond acceptors (Lipinski definition) is 3. The Morgan fingerprint density at radius 1 is 1.10 bits per heavy atom. The van der Waals surface area contributed by atoms with Crippen molar-refractivity contribution in [3.8, 4) is 0 Å². The van der Waals surface area contributed by atoms with Gasteiger partial charge in [-0.3, -0.25) is 9.59 Å². The monoisotopic (exact) mass is 315 g/mol. The van der Waals surface area contributed by atoms with Gasteiger partial charge in [0.05, 0.1) is 5.92 Å². The van der Waals surface area contributed by atoms with Crippen molar-refractivity contribution in [1.29, 1.82) is 0 Å². The molecule has 21 heavy (non-hydrogen) atoms. The summed E-state index contributed by atoms with van der Waals surface area (Å²) < 4.78 is 0. The summed E-state index contributed by atoms with van der Waals surface area (Å²) in [6.07, 6.45) is 7.05. The minimum absolute atomic E-state index is 0. The predicted molar refractivity (Wildman–Crippen MR) is 83.1 cm³/mol. The molecular formula is C15H26ClN3O2. The van der Waals surface area contributed by atoms with Crippen LogP contribution in [0.25, 0.3) is 0 Å². The number of carbonyl (C=O) groups excluding carboxylic acids is 2. The van der Waals surface area contributed by atoms with E-state index in [1.165, 1.54) is 12.8 Å². The number of carbonyl (C=O) groups is 2. The molecule has 2 heterocycles. The van der Waals surface area contributed by atoms with Gasteiger partial charge in [0.25, 0.3) is 0 Å². The van der Waals surface area contributed by atoms with Crippen molar-refractivity contribution in [2.24, 2.45) is 11.7 Å². The van der Waals surface area contributed by atoms with Crippen molar-refractivity contribution < 1.29 is 9.59 Å². The molecule has 2 unspecified atom stereocenters. The van der Waals surface area contributed by atoms with Crippen LogP contribution in [0, 0.1) is 5.92 Å². The average Bonchev–Trinajstić information content (AvgIpc) is 3.06. The Labute approximate surface area is 132 Å². The Bertz CT molecular complexity index is 398. The molecule has 2 saturated heterocycles. The van der Waals surface area contributed by atoms with E-state index in [2.05, 4.69) is 0 Å². The lowest BCUT2D eigenvalue weighted by molar-refractivity contribution is -0.137. The van der Waals surface area contributed by atoms with Crippen LogP contribution in [0.1, 0.15) is 44.9 Å². The fraction of sp³-hybridized carbons (Fsp3) is 0.867. The molecule has 2 amide bonds. The van der Waals surface area contributed by atoms with Gasteiger partial charge in [0, 0.05) is 38.1 Å². The fourth-order valence-corrected chi connectivity index (χ4v) is 3.93. The summed E-state index contributed by atoms with van der Waals surface area (Å²) in [6.45, 7) is 2.10. The van der Waals surface area contributed by atoms with E-state index in [0.29, 0.717) is 25.6 Å². The van der Waals surface area contributed by atoms with Crippen LogP contribution < -0.4 is 5.73 Å². The molecule has 0 bridgehead atoms.